The minimum atomic E-state index is -0.322. The molecule has 0 aliphatic heterocycles. The van der Waals surface area contributed by atoms with Gasteiger partial charge in [-0.3, -0.25) is 0 Å². The molecule has 2 rings (SSSR count). The molecule has 4 heteroatoms. The average molecular weight is 308 g/mol. The average Bonchev–Trinajstić information content (AvgIpc) is 2.43. The van der Waals surface area contributed by atoms with Crippen molar-refractivity contribution in [3.05, 3.63) is 64.4 Å². The second kappa shape index (κ2) is 6.92. The molecule has 0 aliphatic rings. The summed E-state index contributed by atoms with van der Waals surface area (Å²) in [7, 11) is 0. The van der Waals surface area contributed by atoms with Crippen LogP contribution in [-0.2, 0) is 6.42 Å². The van der Waals surface area contributed by atoms with Crippen molar-refractivity contribution < 1.29 is 9.13 Å². The van der Waals surface area contributed by atoms with Crippen LogP contribution in [0.5, 0.6) is 5.75 Å². The minimum Gasteiger partial charge on any atom is -0.491 e. The first kappa shape index (κ1) is 15.8. The largest absolute Gasteiger partial charge is 0.491 e. The zero-order valence-corrected chi connectivity index (χ0v) is 12.9. The van der Waals surface area contributed by atoms with Gasteiger partial charge in [-0.1, -0.05) is 29.8 Å². The molecular formula is C17H19ClFNO. The Bertz CT molecular complexity index is 578. The molecule has 0 aliphatic carbocycles. The fraction of sp³-hybridized carbons (Fsp3) is 0.294. The van der Waals surface area contributed by atoms with E-state index in [0.717, 1.165) is 11.3 Å². The normalized spacial score (nSPS) is 12.5. The number of hydrogen-bond acceptors (Lipinski definition) is 2. The molecular weight excluding hydrogens is 289 g/mol. The van der Waals surface area contributed by atoms with E-state index in [1.165, 1.54) is 6.07 Å². The lowest BCUT2D eigenvalue weighted by atomic mass is 9.99. The van der Waals surface area contributed by atoms with Gasteiger partial charge in [0.2, 0.25) is 0 Å². The lowest BCUT2D eigenvalue weighted by Crippen LogP contribution is -2.14. The van der Waals surface area contributed by atoms with Gasteiger partial charge in [-0.05, 0) is 50.1 Å². The molecule has 0 heterocycles. The summed E-state index contributed by atoms with van der Waals surface area (Å²) in [6.45, 7) is 3.94. The van der Waals surface area contributed by atoms with E-state index >= 15 is 0 Å². The number of nitrogens with two attached hydrogens (primary N) is 1. The van der Waals surface area contributed by atoms with Crippen LogP contribution in [0.25, 0.3) is 0 Å². The molecule has 1 atom stereocenters. The molecule has 0 bridgehead atoms. The van der Waals surface area contributed by atoms with Crippen molar-refractivity contribution in [3.63, 3.8) is 0 Å². The van der Waals surface area contributed by atoms with Gasteiger partial charge in [-0.15, -0.1) is 0 Å². The first-order chi connectivity index (χ1) is 9.97. The van der Waals surface area contributed by atoms with Gasteiger partial charge in [0, 0.05) is 16.6 Å². The van der Waals surface area contributed by atoms with Crippen LogP contribution in [0.2, 0.25) is 5.02 Å². The number of halogens is 2. The lowest BCUT2D eigenvalue weighted by molar-refractivity contribution is 0.242. The summed E-state index contributed by atoms with van der Waals surface area (Å²) in [4.78, 5) is 0. The van der Waals surface area contributed by atoms with Crippen molar-refractivity contribution in [1.29, 1.82) is 0 Å². The molecule has 2 N–H and O–H groups in total. The third kappa shape index (κ3) is 4.19. The fourth-order valence-electron chi connectivity index (χ4n) is 2.13. The topological polar surface area (TPSA) is 35.2 Å². The van der Waals surface area contributed by atoms with Crippen LogP contribution in [0.1, 0.15) is 31.0 Å². The molecule has 2 aromatic rings. The quantitative estimate of drug-likeness (QED) is 0.882. The summed E-state index contributed by atoms with van der Waals surface area (Å²) in [5.41, 5.74) is 7.52. The maximum Gasteiger partial charge on any atom is 0.127 e. The van der Waals surface area contributed by atoms with Gasteiger partial charge >= 0.3 is 0 Å². The maximum atomic E-state index is 13.8. The van der Waals surface area contributed by atoms with Gasteiger partial charge in [0.1, 0.15) is 11.6 Å². The molecule has 112 valence electrons. The highest BCUT2D eigenvalue weighted by Crippen LogP contribution is 2.25. The van der Waals surface area contributed by atoms with Gasteiger partial charge in [0.25, 0.3) is 0 Å². The molecule has 0 fully saturated rings. The van der Waals surface area contributed by atoms with Gasteiger partial charge in [-0.2, -0.15) is 0 Å². The van der Waals surface area contributed by atoms with Crippen LogP contribution in [0, 0.1) is 5.82 Å². The van der Waals surface area contributed by atoms with E-state index in [2.05, 4.69) is 0 Å². The maximum absolute atomic E-state index is 13.8. The van der Waals surface area contributed by atoms with Crippen LogP contribution >= 0.6 is 11.6 Å². The molecule has 0 aromatic heterocycles. The third-order valence-corrected chi connectivity index (χ3v) is 3.52. The Labute approximate surface area is 129 Å². The second-order valence-electron chi connectivity index (χ2n) is 5.25. The number of rotatable bonds is 5. The second-order valence-corrected chi connectivity index (χ2v) is 5.65. The number of benzene rings is 2. The molecule has 1 unspecified atom stereocenters. The third-order valence-electron chi connectivity index (χ3n) is 3.17. The van der Waals surface area contributed by atoms with E-state index in [-0.39, 0.29) is 18.0 Å². The van der Waals surface area contributed by atoms with Crippen molar-refractivity contribution in [2.24, 2.45) is 5.73 Å². The van der Waals surface area contributed by atoms with Crippen molar-refractivity contribution in [3.8, 4) is 5.75 Å². The van der Waals surface area contributed by atoms with E-state index < -0.39 is 0 Å². The van der Waals surface area contributed by atoms with Gasteiger partial charge in [-0.25, -0.2) is 4.39 Å². The molecule has 0 saturated carbocycles. The van der Waals surface area contributed by atoms with Crippen molar-refractivity contribution >= 4 is 11.6 Å². The number of ether oxygens (including phenoxy) is 1. The molecule has 0 amide bonds. The van der Waals surface area contributed by atoms with Crippen LogP contribution in [0.15, 0.2) is 42.5 Å². The fourth-order valence-corrected chi connectivity index (χ4v) is 2.37. The van der Waals surface area contributed by atoms with Crippen LogP contribution < -0.4 is 10.5 Å². The van der Waals surface area contributed by atoms with Gasteiger partial charge in [0.05, 0.1) is 6.10 Å². The van der Waals surface area contributed by atoms with Gasteiger partial charge < -0.3 is 10.5 Å². The predicted molar refractivity (Wildman–Crippen MR) is 84.2 cm³/mol. The molecule has 2 nitrogen and oxygen atoms in total. The summed E-state index contributed by atoms with van der Waals surface area (Å²) < 4.78 is 19.4. The lowest BCUT2D eigenvalue weighted by Gasteiger charge is -2.15. The van der Waals surface area contributed by atoms with E-state index in [1.807, 2.05) is 38.1 Å². The van der Waals surface area contributed by atoms with E-state index in [9.17, 15) is 4.39 Å². The Balaban J connectivity index is 2.11. The molecule has 0 radical (unpaired) electrons. The first-order valence-corrected chi connectivity index (χ1v) is 7.30. The van der Waals surface area contributed by atoms with Crippen LogP contribution in [-0.4, -0.2) is 6.10 Å². The van der Waals surface area contributed by atoms with Gasteiger partial charge in [0.15, 0.2) is 0 Å². The standard InChI is InChI=1S/C17H19ClFNO/c1-11(2)21-13-8-6-12(7-9-13)17(20)10-14-15(18)4-3-5-16(14)19/h3-9,11,17H,10,20H2,1-2H3. The Morgan fingerprint density at radius 1 is 1.14 bits per heavy atom. The van der Waals surface area contributed by atoms with Crippen molar-refractivity contribution in [2.45, 2.75) is 32.4 Å². The van der Waals surface area contributed by atoms with E-state index in [4.69, 9.17) is 22.1 Å². The summed E-state index contributed by atoms with van der Waals surface area (Å²) in [5, 5.41) is 0.408. The highest BCUT2D eigenvalue weighted by molar-refractivity contribution is 6.31. The summed E-state index contributed by atoms with van der Waals surface area (Å²) >= 11 is 6.03. The zero-order valence-electron chi connectivity index (χ0n) is 12.1. The highest BCUT2D eigenvalue weighted by Gasteiger charge is 2.13. The van der Waals surface area contributed by atoms with Crippen molar-refractivity contribution in [1.82, 2.24) is 0 Å². The smallest absolute Gasteiger partial charge is 0.127 e. The van der Waals surface area contributed by atoms with E-state index in [1.54, 1.807) is 12.1 Å². The zero-order chi connectivity index (χ0) is 15.4. The SMILES string of the molecule is CC(C)Oc1ccc(C(N)Cc2c(F)cccc2Cl)cc1. The number of hydrogen-bond donors (Lipinski definition) is 1. The Morgan fingerprint density at radius 3 is 2.38 bits per heavy atom. The monoisotopic (exact) mass is 307 g/mol. The van der Waals surface area contributed by atoms with Crippen LogP contribution in [0.3, 0.4) is 0 Å². The Hall–Kier alpha value is -1.58. The predicted octanol–water partition coefficient (Wildman–Crippen LogP) is 4.51. The molecule has 2 aromatic carbocycles. The van der Waals surface area contributed by atoms with E-state index in [0.29, 0.717) is 17.0 Å². The summed E-state index contributed by atoms with van der Waals surface area (Å²) in [5.74, 6) is 0.475. The highest BCUT2D eigenvalue weighted by atomic mass is 35.5. The first-order valence-electron chi connectivity index (χ1n) is 6.92. The molecule has 0 saturated heterocycles. The Morgan fingerprint density at radius 2 is 1.81 bits per heavy atom. The summed E-state index contributed by atoms with van der Waals surface area (Å²) in [6.07, 6.45) is 0.484. The van der Waals surface area contributed by atoms with Crippen LogP contribution in [0.4, 0.5) is 4.39 Å². The molecule has 21 heavy (non-hydrogen) atoms. The van der Waals surface area contributed by atoms with Crippen molar-refractivity contribution in [2.75, 3.05) is 0 Å². The summed E-state index contributed by atoms with van der Waals surface area (Å²) in [6, 6.07) is 11.9. The minimum absolute atomic E-state index is 0.127. The Kier molecular flexibility index (Phi) is 5.21. The molecule has 0 spiro atoms.